The molecule has 3 aromatic rings. The molecule has 2 amide bonds. The van der Waals surface area contributed by atoms with E-state index < -0.39 is 11.9 Å². The Morgan fingerprint density at radius 1 is 0.968 bits per heavy atom. The lowest BCUT2D eigenvalue weighted by atomic mass is 10.0. The second-order valence-electron chi connectivity index (χ2n) is 7.24. The van der Waals surface area contributed by atoms with Crippen LogP contribution in [0, 0.1) is 5.82 Å². The summed E-state index contributed by atoms with van der Waals surface area (Å²) >= 11 is 6.06. The Balaban J connectivity index is 1.95. The number of carbonyl (C=O) groups excluding carboxylic acids is 2. The molecule has 0 aliphatic rings. The molecule has 160 valence electrons. The van der Waals surface area contributed by atoms with Crippen LogP contribution in [0.4, 0.5) is 4.39 Å². The number of amides is 2. The standard InChI is InChI=1S/C25H24ClFN2O2/c1-28-25(31)23(15-18-8-3-2-4-9-18)29(17-20-11-5-6-13-22(20)27)24(30)16-19-10-7-12-21(26)14-19/h2-14,23H,15-17H2,1H3,(H,28,31)/t23-/m1/s1. The van der Waals surface area contributed by atoms with Crippen LogP contribution in [0.3, 0.4) is 0 Å². The van der Waals surface area contributed by atoms with E-state index in [0.29, 0.717) is 17.0 Å². The fraction of sp³-hybridized carbons (Fsp3) is 0.200. The molecule has 0 saturated heterocycles. The lowest BCUT2D eigenvalue weighted by molar-refractivity contribution is -0.140. The zero-order chi connectivity index (χ0) is 22.2. The molecule has 0 unspecified atom stereocenters. The molecular weight excluding hydrogens is 415 g/mol. The van der Waals surface area contributed by atoms with Crippen LogP contribution in [0.25, 0.3) is 0 Å². The molecule has 31 heavy (non-hydrogen) atoms. The average molecular weight is 439 g/mol. The van der Waals surface area contributed by atoms with Gasteiger partial charge in [-0.05, 0) is 29.3 Å². The van der Waals surface area contributed by atoms with Gasteiger partial charge < -0.3 is 10.2 Å². The third-order valence-electron chi connectivity index (χ3n) is 5.06. The Morgan fingerprint density at radius 2 is 1.65 bits per heavy atom. The maximum Gasteiger partial charge on any atom is 0.242 e. The number of hydrogen-bond acceptors (Lipinski definition) is 2. The monoisotopic (exact) mass is 438 g/mol. The van der Waals surface area contributed by atoms with Gasteiger partial charge in [0.1, 0.15) is 11.9 Å². The second-order valence-corrected chi connectivity index (χ2v) is 7.68. The normalized spacial score (nSPS) is 11.6. The van der Waals surface area contributed by atoms with Gasteiger partial charge in [0.2, 0.25) is 11.8 Å². The fourth-order valence-corrected chi connectivity index (χ4v) is 3.67. The summed E-state index contributed by atoms with van der Waals surface area (Å²) < 4.78 is 14.4. The molecule has 0 aromatic heterocycles. The van der Waals surface area contributed by atoms with E-state index in [1.807, 2.05) is 30.3 Å². The van der Waals surface area contributed by atoms with Crippen LogP contribution in [-0.4, -0.2) is 29.8 Å². The van der Waals surface area contributed by atoms with E-state index in [1.54, 1.807) is 42.5 Å². The first-order valence-electron chi connectivity index (χ1n) is 10.0. The molecule has 0 spiro atoms. The van der Waals surface area contributed by atoms with Crippen molar-refractivity contribution in [1.29, 1.82) is 0 Å². The Labute approximate surface area is 186 Å². The van der Waals surface area contributed by atoms with Crippen molar-refractivity contribution in [2.24, 2.45) is 0 Å². The predicted molar refractivity (Wildman–Crippen MR) is 120 cm³/mol. The number of nitrogens with zero attached hydrogens (tertiary/aromatic N) is 1. The van der Waals surface area contributed by atoms with Gasteiger partial charge in [-0.15, -0.1) is 0 Å². The van der Waals surface area contributed by atoms with E-state index in [0.717, 1.165) is 11.1 Å². The van der Waals surface area contributed by atoms with Crippen molar-refractivity contribution in [3.8, 4) is 0 Å². The zero-order valence-electron chi connectivity index (χ0n) is 17.2. The smallest absolute Gasteiger partial charge is 0.242 e. The Hall–Kier alpha value is -3.18. The summed E-state index contributed by atoms with van der Waals surface area (Å²) in [4.78, 5) is 27.6. The van der Waals surface area contributed by atoms with Crippen molar-refractivity contribution in [2.75, 3.05) is 7.05 Å². The largest absolute Gasteiger partial charge is 0.357 e. The molecule has 3 rings (SSSR count). The molecular formula is C25H24ClFN2O2. The highest BCUT2D eigenvalue weighted by Gasteiger charge is 2.30. The number of hydrogen-bond donors (Lipinski definition) is 1. The average Bonchev–Trinajstić information content (AvgIpc) is 2.77. The summed E-state index contributed by atoms with van der Waals surface area (Å²) in [5.74, 6) is -1.01. The van der Waals surface area contributed by atoms with Crippen LogP contribution >= 0.6 is 11.6 Å². The lowest BCUT2D eigenvalue weighted by Crippen LogP contribution is -2.50. The Kier molecular flexibility index (Phi) is 7.79. The summed E-state index contributed by atoms with van der Waals surface area (Å²) in [5.41, 5.74) is 1.99. The molecule has 0 radical (unpaired) electrons. The summed E-state index contributed by atoms with van der Waals surface area (Å²) in [6, 6.07) is 22.0. The first kappa shape index (κ1) is 22.5. The molecule has 4 nitrogen and oxygen atoms in total. The van der Waals surface area contributed by atoms with Crippen molar-refractivity contribution in [2.45, 2.75) is 25.4 Å². The minimum absolute atomic E-state index is 0.0169. The van der Waals surface area contributed by atoms with Gasteiger partial charge in [0.05, 0.1) is 6.42 Å². The lowest BCUT2D eigenvalue weighted by Gasteiger charge is -2.31. The van der Waals surface area contributed by atoms with Crippen molar-refractivity contribution in [3.63, 3.8) is 0 Å². The maximum absolute atomic E-state index is 14.4. The Morgan fingerprint density at radius 3 is 2.32 bits per heavy atom. The van der Waals surface area contributed by atoms with E-state index in [1.165, 1.54) is 18.0 Å². The molecule has 0 saturated carbocycles. The highest BCUT2D eigenvalue weighted by Crippen LogP contribution is 2.19. The molecule has 0 bridgehead atoms. The molecule has 0 aliphatic carbocycles. The molecule has 1 N–H and O–H groups in total. The van der Waals surface area contributed by atoms with Crippen molar-refractivity contribution in [3.05, 3.63) is 106 Å². The van der Waals surface area contributed by atoms with Crippen LogP contribution in [0.1, 0.15) is 16.7 Å². The van der Waals surface area contributed by atoms with Gasteiger partial charge in [0.25, 0.3) is 0 Å². The maximum atomic E-state index is 14.4. The molecule has 1 atom stereocenters. The quantitative estimate of drug-likeness (QED) is 0.566. The molecule has 6 heteroatoms. The van der Waals surface area contributed by atoms with Gasteiger partial charge in [0.15, 0.2) is 0 Å². The highest BCUT2D eigenvalue weighted by atomic mass is 35.5. The van der Waals surface area contributed by atoms with Crippen LogP contribution in [-0.2, 0) is 29.0 Å². The van der Waals surface area contributed by atoms with E-state index in [-0.39, 0.29) is 24.8 Å². The molecule has 0 fully saturated rings. The summed E-state index contributed by atoms with van der Waals surface area (Å²) in [6.45, 7) is -0.0169. The zero-order valence-corrected chi connectivity index (χ0v) is 18.0. The van der Waals surface area contributed by atoms with Crippen LogP contribution in [0.5, 0.6) is 0 Å². The van der Waals surface area contributed by atoms with E-state index >= 15 is 0 Å². The molecule has 3 aromatic carbocycles. The minimum Gasteiger partial charge on any atom is -0.357 e. The highest BCUT2D eigenvalue weighted by molar-refractivity contribution is 6.30. The van der Waals surface area contributed by atoms with Gasteiger partial charge in [0, 0.05) is 30.6 Å². The van der Waals surface area contributed by atoms with Crippen molar-refractivity contribution >= 4 is 23.4 Å². The fourth-order valence-electron chi connectivity index (χ4n) is 3.45. The molecule has 0 aliphatic heterocycles. The van der Waals surface area contributed by atoms with Gasteiger partial charge >= 0.3 is 0 Å². The van der Waals surface area contributed by atoms with E-state index in [9.17, 15) is 14.0 Å². The third-order valence-corrected chi connectivity index (χ3v) is 5.30. The number of carbonyl (C=O) groups is 2. The summed E-state index contributed by atoms with van der Waals surface area (Å²) in [7, 11) is 1.53. The second kappa shape index (κ2) is 10.7. The first-order valence-corrected chi connectivity index (χ1v) is 10.4. The minimum atomic E-state index is -0.793. The van der Waals surface area contributed by atoms with E-state index in [2.05, 4.69) is 5.32 Å². The summed E-state index contributed by atoms with van der Waals surface area (Å²) in [6.07, 6.45) is 0.369. The number of rotatable bonds is 8. The van der Waals surface area contributed by atoms with Crippen molar-refractivity contribution < 1.29 is 14.0 Å². The number of likely N-dealkylation sites (N-methyl/N-ethyl adjacent to an activating group) is 1. The van der Waals surface area contributed by atoms with Crippen LogP contribution in [0.2, 0.25) is 5.02 Å². The van der Waals surface area contributed by atoms with Gasteiger partial charge in [-0.3, -0.25) is 9.59 Å². The van der Waals surface area contributed by atoms with Gasteiger partial charge in [-0.2, -0.15) is 0 Å². The van der Waals surface area contributed by atoms with E-state index in [4.69, 9.17) is 11.6 Å². The van der Waals surface area contributed by atoms with Crippen LogP contribution in [0.15, 0.2) is 78.9 Å². The summed E-state index contributed by atoms with van der Waals surface area (Å²) in [5, 5.41) is 3.17. The number of nitrogens with one attached hydrogen (secondary N) is 1. The number of halogens is 2. The Bertz CT molecular complexity index is 1040. The number of benzene rings is 3. The third kappa shape index (κ3) is 6.15. The topological polar surface area (TPSA) is 49.4 Å². The van der Waals surface area contributed by atoms with Gasteiger partial charge in [-0.25, -0.2) is 4.39 Å². The van der Waals surface area contributed by atoms with Gasteiger partial charge in [-0.1, -0.05) is 72.3 Å². The SMILES string of the molecule is CNC(=O)[C@@H](Cc1ccccc1)N(Cc1ccccc1F)C(=O)Cc1cccc(Cl)c1. The van der Waals surface area contributed by atoms with Crippen LogP contribution < -0.4 is 5.32 Å². The first-order chi connectivity index (χ1) is 15.0. The predicted octanol–water partition coefficient (Wildman–Crippen LogP) is 4.41. The van der Waals surface area contributed by atoms with Crippen molar-refractivity contribution in [1.82, 2.24) is 10.2 Å². The molecule has 0 heterocycles.